The first-order valence-corrected chi connectivity index (χ1v) is 14.7. The molecule has 0 unspecified atom stereocenters. The molecule has 200 valence electrons. The van der Waals surface area contributed by atoms with Gasteiger partial charge in [-0.15, -0.1) is 0 Å². The maximum absolute atomic E-state index is 13.6. The molecule has 2 heterocycles. The van der Waals surface area contributed by atoms with E-state index in [2.05, 4.69) is 51.9 Å². The van der Waals surface area contributed by atoms with E-state index < -0.39 is 0 Å². The van der Waals surface area contributed by atoms with Gasteiger partial charge in [0.25, 0.3) is 0 Å². The van der Waals surface area contributed by atoms with Crippen LogP contribution in [0.4, 0.5) is 0 Å². The van der Waals surface area contributed by atoms with Gasteiger partial charge < -0.3 is 4.90 Å². The number of rotatable bonds is 11. The van der Waals surface area contributed by atoms with E-state index in [0.717, 1.165) is 85.8 Å². The van der Waals surface area contributed by atoms with E-state index in [1.165, 1.54) is 24.0 Å². The number of halogens is 2. The van der Waals surface area contributed by atoms with Crippen LogP contribution in [0.2, 0.25) is 10.0 Å². The van der Waals surface area contributed by atoms with Gasteiger partial charge in [0.2, 0.25) is 0 Å². The molecule has 1 aliphatic heterocycles. The van der Waals surface area contributed by atoms with Crippen molar-refractivity contribution in [3.8, 4) is 0 Å². The van der Waals surface area contributed by atoms with Crippen molar-refractivity contribution in [2.24, 2.45) is 0 Å². The Morgan fingerprint density at radius 3 is 1.76 bits per heavy atom. The van der Waals surface area contributed by atoms with Crippen molar-refractivity contribution in [1.29, 1.82) is 0 Å². The zero-order chi connectivity index (χ0) is 26.3. The maximum Gasteiger partial charge on any atom is 0.329 e. The van der Waals surface area contributed by atoms with Gasteiger partial charge in [0, 0.05) is 35.7 Å². The predicted octanol–water partition coefficient (Wildman–Crippen LogP) is 7.79. The molecule has 0 radical (unpaired) electrons. The van der Waals surface area contributed by atoms with Gasteiger partial charge in [0.15, 0.2) is 0 Å². The molecule has 1 aliphatic rings. The first kappa shape index (κ1) is 27.1. The fourth-order valence-electron chi connectivity index (χ4n) is 5.77. The highest BCUT2D eigenvalue weighted by Gasteiger charge is 2.25. The molecule has 3 aromatic carbocycles. The van der Waals surface area contributed by atoms with E-state index in [1.807, 2.05) is 34.9 Å². The SMILES string of the molecule is O=c1n(CCCCc2ccc(Cl)cc2)c2ccccc2n1C1CCN(CCCCc2ccc(Cl)cc2)CC1. The van der Waals surface area contributed by atoms with E-state index in [0.29, 0.717) is 0 Å². The minimum absolute atomic E-state index is 0.152. The highest BCUT2D eigenvalue weighted by Crippen LogP contribution is 2.26. The van der Waals surface area contributed by atoms with Gasteiger partial charge in [-0.25, -0.2) is 4.79 Å². The summed E-state index contributed by atoms with van der Waals surface area (Å²) in [4.78, 5) is 16.2. The molecule has 0 atom stereocenters. The summed E-state index contributed by atoms with van der Waals surface area (Å²) in [5.41, 5.74) is 4.94. The summed E-state index contributed by atoms with van der Waals surface area (Å²) in [6.45, 7) is 3.99. The fourth-order valence-corrected chi connectivity index (χ4v) is 6.02. The second kappa shape index (κ2) is 13.0. The lowest BCUT2D eigenvalue weighted by Gasteiger charge is -2.32. The Hall–Kier alpha value is -2.53. The highest BCUT2D eigenvalue weighted by molar-refractivity contribution is 6.30. The van der Waals surface area contributed by atoms with Crippen LogP contribution in [0.1, 0.15) is 55.7 Å². The Bertz CT molecular complexity index is 1370. The van der Waals surface area contributed by atoms with Crippen LogP contribution in [-0.4, -0.2) is 33.7 Å². The first-order chi connectivity index (χ1) is 18.6. The second-order valence-electron chi connectivity index (χ2n) is 10.5. The van der Waals surface area contributed by atoms with E-state index >= 15 is 0 Å². The number of aromatic nitrogens is 2. The van der Waals surface area contributed by atoms with E-state index in [1.54, 1.807) is 0 Å². The van der Waals surface area contributed by atoms with Crippen LogP contribution in [0.25, 0.3) is 11.0 Å². The number of unbranched alkanes of at least 4 members (excludes halogenated alkanes) is 2. The molecule has 0 spiro atoms. The standard InChI is InChI=1S/C32H37Cl2N3O/c33-27-15-11-25(12-16-27)7-3-5-21-35-23-19-29(20-24-35)37-31-10-2-1-9-30(31)36(32(37)38)22-6-4-8-26-13-17-28(34)18-14-26/h1-2,9-18,29H,3-8,19-24H2. The lowest BCUT2D eigenvalue weighted by atomic mass is 10.0. The molecule has 1 saturated heterocycles. The number of para-hydroxylation sites is 2. The first-order valence-electron chi connectivity index (χ1n) is 14.0. The summed E-state index contributed by atoms with van der Waals surface area (Å²) in [5.74, 6) is 0. The average molecular weight is 551 g/mol. The molecule has 38 heavy (non-hydrogen) atoms. The summed E-state index contributed by atoms with van der Waals surface area (Å²) < 4.78 is 4.09. The zero-order valence-corrected chi connectivity index (χ0v) is 23.5. The van der Waals surface area contributed by atoms with Crippen LogP contribution in [0, 0.1) is 0 Å². The van der Waals surface area contributed by atoms with Gasteiger partial charge in [-0.05, 0) is 105 Å². The second-order valence-corrected chi connectivity index (χ2v) is 11.4. The summed E-state index contributed by atoms with van der Waals surface area (Å²) in [6, 6.07) is 24.9. The summed E-state index contributed by atoms with van der Waals surface area (Å²) in [5, 5.41) is 1.57. The molecule has 0 aliphatic carbocycles. The minimum Gasteiger partial charge on any atom is -0.303 e. The number of benzene rings is 3. The molecule has 0 bridgehead atoms. The van der Waals surface area contributed by atoms with E-state index in [-0.39, 0.29) is 11.7 Å². The lowest BCUT2D eigenvalue weighted by Crippen LogP contribution is -2.38. The number of piperidine rings is 1. The van der Waals surface area contributed by atoms with Crippen LogP contribution in [0.3, 0.4) is 0 Å². The number of imidazole rings is 1. The molecule has 6 heteroatoms. The predicted molar refractivity (Wildman–Crippen MR) is 160 cm³/mol. The number of hydrogen-bond donors (Lipinski definition) is 0. The molecule has 4 nitrogen and oxygen atoms in total. The molecule has 0 amide bonds. The number of likely N-dealkylation sites (tertiary alicyclic amines) is 1. The molecule has 1 aromatic heterocycles. The van der Waals surface area contributed by atoms with Crippen molar-refractivity contribution < 1.29 is 0 Å². The third kappa shape index (κ3) is 6.72. The molecule has 4 aromatic rings. The molecule has 0 N–H and O–H groups in total. The van der Waals surface area contributed by atoms with E-state index in [9.17, 15) is 4.79 Å². The molecular weight excluding hydrogens is 513 g/mol. The van der Waals surface area contributed by atoms with Gasteiger partial charge >= 0.3 is 5.69 Å². The normalized spacial score (nSPS) is 14.9. The minimum atomic E-state index is 0.152. The van der Waals surface area contributed by atoms with Crippen molar-refractivity contribution in [3.05, 3.63) is 104 Å². The highest BCUT2D eigenvalue weighted by atomic mass is 35.5. The van der Waals surface area contributed by atoms with Crippen molar-refractivity contribution >= 4 is 34.2 Å². The monoisotopic (exact) mass is 549 g/mol. The quantitative estimate of drug-likeness (QED) is 0.179. The largest absolute Gasteiger partial charge is 0.329 e. The Labute approximate surface area is 235 Å². The van der Waals surface area contributed by atoms with Crippen molar-refractivity contribution in [3.63, 3.8) is 0 Å². The van der Waals surface area contributed by atoms with Gasteiger partial charge in [0.1, 0.15) is 0 Å². The fraction of sp³-hybridized carbons (Fsp3) is 0.406. The van der Waals surface area contributed by atoms with Crippen LogP contribution < -0.4 is 5.69 Å². The van der Waals surface area contributed by atoms with Crippen LogP contribution >= 0.6 is 23.2 Å². The molecular formula is C32H37Cl2N3O. The number of nitrogens with zero attached hydrogens (tertiary/aromatic N) is 3. The van der Waals surface area contributed by atoms with Crippen molar-refractivity contribution in [2.45, 2.75) is 64.0 Å². The summed E-state index contributed by atoms with van der Waals surface area (Å²) >= 11 is 12.0. The molecule has 5 rings (SSSR count). The van der Waals surface area contributed by atoms with Crippen molar-refractivity contribution in [2.75, 3.05) is 19.6 Å². The third-order valence-electron chi connectivity index (χ3n) is 7.90. The van der Waals surface area contributed by atoms with E-state index in [4.69, 9.17) is 23.2 Å². The topological polar surface area (TPSA) is 30.2 Å². The van der Waals surface area contributed by atoms with Gasteiger partial charge in [-0.2, -0.15) is 0 Å². The Balaban J connectivity index is 1.14. The number of aryl methyl sites for hydroxylation is 3. The van der Waals surface area contributed by atoms with Crippen LogP contribution in [-0.2, 0) is 19.4 Å². The number of fused-ring (bicyclic) bond motifs is 1. The van der Waals surface area contributed by atoms with Crippen LogP contribution in [0.5, 0.6) is 0 Å². The molecule has 0 saturated carbocycles. The Morgan fingerprint density at radius 1 is 0.658 bits per heavy atom. The Morgan fingerprint density at radius 2 is 1.18 bits per heavy atom. The van der Waals surface area contributed by atoms with Crippen molar-refractivity contribution in [1.82, 2.24) is 14.0 Å². The zero-order valence-electron chi connectivity index (χ0n) is 22.0. The Kier molecular flexibility index (Phi) is 9.27. The van der Waals surface area contributed by atoms with Gasteiger partial charge in [0.05, 0.1) is 11.0 Å². The number of hydrogen-bond acceptors (Lipinski definition) is 2. The third-order valence-corrected chi connectivity index (χ3v) is 8.41. The van der Waals surface area contributed by atoms with Crippen LogP contribution in [0.15, 0.2) is 77.6 Å². The van der Waals surface area contributed by atoms with Gasteiger partial charge in [-0.1, -0.05) is 59.6 Å². The molecule has 1 fully saturated rings. The van der Waals surface area contributed by atoms with Gasteiger partial charge in [-0.3, -0.25) is 9.13 Å². The summed E-state index contributed by atoms with van der Waals surface area (Å²) in [6.07, 6.45) is 8.57. The maximum atomic E-state index is 13.6. The smallest absolute Gasteiger partial charge is 0.303 e. The lowest BCUT2D eigenvalue weighted by molar-refractivity contribution is 0.183. The summed E-state index contributed by atoms with van der Waals surface area (Å²) in [7, 11) is 0. The average Bonchev–Trinajstić information content (AvgIpc) is 3.22.